The number of aromatic nitrogens is 3. The van der Waals surface area contributed by atoms with E-state index in [0.717, 1.165) is 19.3 Å². The van der Waals surface area contributed by atoms with E-state index in [4.69, 9.17) is 0 Å². The summed E-state index contributed by atoms with van der Waals surface area (Å²) in [5.74, 6) is -0.0535. The lowest BCUT2D eigenvalue weighted by Gasteiger charge is -2.41. The molecule has 1 aliphatic rings. The van der Waals surface area contributed by atoms with Gasteiger partial charge in [0.2, 0.25) is 0 Å². The zero-order chi connectivity index (χ0) is 21.8. The van der Waals surface area contributed by atoms with Gasteiger partial charge in [-0.2, -0.15) is 0 Å². The van der Waals surface area contributed by atoms with E-state index in [-0.39, 0.29) is 22.8 Å². The fraction of sp³-hybridized carbons (Fsp3) is 0.273. The Morgan fingerprint density at radius 3 is 2.65 bits per heavy atom. The van der Waals surface area contributed by atoms with Crippen LogP contribution in [-0.2, 0) is 5.41 Å². The van der Waals surface area contributed by atoms with E-state index in [1.54, 1.807) is 30.5 Å². The molecule has 2 heterocycles. The number of carbonyl (C=O) groups excluding carboxylic acids is 1. The van der Waals surface area contributed by atoms with Gasteiger partial charge in [0, 0.05) is 36.3 Å². The molecule has 0 saturated heterocycles. The molecular formula is C22H21FN6O2. The van der Waals surface area contributed by atoms with Gasteiger partial charge in [-0.25, -0.2) is 4.39 Å². The Hall–Kier alpha value is -3.75. The smallest absolute Gasteiger partial charge is 0.251 e. The number of hydrogen-bond donors (Lipinski definition) is 2. The summed E-state index contributed by atoms with van der Waals surface area (Å²) < 4.78 is 14.3. The highest BCUT2D eigenvalue weighted by Gasteiger charge is 2.41. The average molecular weight is 420 g/mol. The molecule has 0 unspecified atom stereocenters. The van der Waals surface area contributed by atoms with Crippen LogP contribution < -0.4 is 10.6 Å². The molecule has 2 aromatic heterocycles. The molecule has 0 spiro atoms. The van der Waals surface area contributed by atoms with Gasteiger partial charge in [0.15, 0.2) is 0 Å². The van der Waals surface area contributed by atoms with Crippen LogP contribution in [0.5, 0.6) is 0 Å². The van der Waals surface area contributed by atoms with Crippen molar-refractivity contribution in [2.24, 2.45) is 5.18 Å². The first kappa shape index (κ1) is 20.5. The van der Waals surface area contributed by atoms with Gasteiger partial charge in [-0.15, -0.1) is 15.1 Å². The number of halogens is 1. The third kappa shape index (κ3) is 3.98. The highest BCUT2D eigenvalue weighted by Crippen LogP contribution is 2.43. The molecule has 1 amide bonds. The number of benzene rings is 1. The van der Waals surface area contributed by atoms with Crippen molar-refractivity contribution in [3.63, 3.8) is 0 Å². The standard InChI is InChI=1S/C22H21FN6O2/c1-24-21(30)14-5-6-18(29-31)15(12-14)17-7-8-19(28-27-17)26-13-22(9-3-10-22)20-16(23)4-2-11-25-20/h2,4-8,11-12H,3,9-10,13H2,1H3,(H,24,30)(H,26,28). The van der Waals surface area contributed by atoms with Crippen molar-refractivity contribution in [3.05, 3.63) is 70.6 Å². The molecule has 2 N–H and O–H groups in total. The molecule has 4 rings (SSSR count). The normalized spacial score (nSPS) is 14.4. The van der Waals surface area contributed by atoms with Crippen molar-refractivity contribution in [2.75, 3.05) is 18.9 Å². The number of nitroso groups, excluding NO2 is 1. The molecule has 158 valence electrons. The summed E-state index contributed by atoms with van der Waals surface area (Å²) >= 11 is 0. The van der Waals surface area contributed by atoms with Crippen LogP contribution in [0.3, 0.4) is 0 Å². The van der Waals surface area contributed by atoms with Gasteiger partial charge in [0.05, 0.1) is 11.4 Å². The molecule has 0 atom stereocenters. The lowest BCUT2D eigenvalue weighted by Crippen LogP contribution is -2.42. The van der Waals surface area contributed by atoms with E-state index in [0.29, 0.717) is 34.9 Å². The predicted octanol–water partition coefficient (Wildman–Crippen LogP) is 3.97. The van der Waals surface area contributed by atoms with Crippen LogP contribution in [0.25, 0.3) is 11.3 Å². The van der Waals surface area contributed by atoms with Crippen LogP contribution in [0, 0.1) is 10.7 Å². The average Bonchev–Trinajstić information content (AvgIpc) is 2.79. The van der Waals surface area contributed by atoms with Gasteiger partial charge in [0.25, 0.3) is 5.91 Å². The Morgan fingerprint density at radius 1 is 1.19 bits per heavy atom. The lowest BCUT2D eigenvalue weighted by atomic mass is 9.66. The summed E-state index contributed by atoms with van der Waals surface area (Å²) in [7, 11) is 1.53. The Balaban J connectivity index is 1.53. The second-order valence-corrected chi connectivity index (χ2v) is 7.53. The first-order valence-corrected chi connectivity index (χ1v) is 9.95. The van der Waals surface area contributed by atoms with E-state index in [9.17, 15) is 14.1 Å². The zero-order valence-corrected chi connectivity index (χ0v) is 16.9. The number of nitrogens with zero attached hydrogens (tertiary/aromatic N) is 4. The topological polar surface area (TPSA) is 109 Å². The summed E-state index contributed by atoms with van der Waals surface area (Å²) in [6.07, 6.45) is 4.32. The Morgan fingerprint density at radius 2 is 2.03 bits per heavy atom. The summed E-state index contributed by atoms with van der Waals surface area (Å²) in [6.45, 7) is 0.488. The van der Waals surface area contributed by atoms with Gasteiger partial charge >= 0.3 is 0 Å². The largest absolute Gasteiger partial charge is 0.368 e. The molecule has 31 heavy (non-hydrogen) atoms. The van der Waals surface area contributed by atoms with Crippen molar-refractivity contribution < 1.29 is 9.18 Å². The number of amides is 1. The molecule has 1 aromatic carbocycles. The second-order valence-electron chi connectivity index (χ2n) is 7.53. The molecule has 1 aliphatic carbocycles. The maximum atomic E-state index is 14.3. The molecule has 0 radical (unpaired) electrons. The van der Waals surface area contributed by atoms with Crippen molar-refractivity contribution in [2.45, 2.75) is 24.7 Å². The Labute approximate surface area is 178 Å². The van der Waals surface area contributed by atoms with Crippen molar-refractivity contribution >= 4 is 17.4 Å². The van der Waals surface area contributed by atoms with E-state index in [1.165, 1.54) is 25.2 Å². The van der Waals surface area contributed by atoms with Crippen molar-refractivity contribution in [3.8, 4) is 11.3 Å². The van der Waals surface area contributed by atoms with Crippen LogP contribution >= 0.6 is 0 Å². The number of nitrogens with one attached hydrogen (secondary N) is 2. The van der Waals surface area contributed by atoms with E-state index < -0.39 is 0 Å². The van der Waals surface area contributed by atoms with Crippen LogP contribution in [-0.4, -0.2) is 34.7 Å². The molecular weight excluding hydrogens is 399 g/mol. The number of hydrogen-bond acceptors (Lipinski definition) is 7. The Kier molecular flexibility index (Phi) is 5.66. The fourth-order valence-corrected chi connectivity index (χ4v) is 3.81. The van der Waals surface area contributed by atoms with Gasteiger partial charge in [-0.1, -0.05) is 6.42 Å². The molecule has 8 nitrogen and oxygen atoms in total. The highest BCUT2D eigenvalue weighted by molar-refractivity contribution is 5.96. The molecule has 1 fully saturated rings. The summed E-state index contributed by atoms with van der Waals surface area (Å²) in [5, 5.41) is 17.2. The SMILES string of the molecule is CNC(=O)c1ccc(N=O)c(-c2ccc(NCC3(c4ncccc4F)CCC3)nn2)c1. The number of rotatable bonds is 7. The van der Waals surface area contributed by atoms with E-state index in [2.05, 4.69) is 31.0 Å². The minimum Gasteiger partial charge on any atom is -0.368 e. The third-order valence-corrected chi connectivity index (χ3v) is 5.70. The van der Waals surface area contributed by atoms with Gasteiger partial charge in [0.1, 0.15) is 17.3 Å². The fourth-order valence-electron chi connectivity index (χ4n) is 3.81. The minimum atomic E-state index is -0.359. The van der Waals surface area contributed by atoms with Crippen LogP contribution in [0.4, 0.5) is 15.9 Å². The van der Waals surface area contributed by atoms with Gasteiger partial charge in [-0.3, -0.25) is 9.78 Å². The van der Waals surface area contributed by atoms with Gasteiger partial charge < -0.3 is 10.6 Å². The van der Waals surface area contributed by atoms with E-state index >= 15 is 0 Å². The van der Waals surface area contributed by atoms with Crippen molar-refractivity contribution in [1.29, 1.82) is 0 Å². The predicted molar refractivity (Wildman–Crippen MR) is 115 cm³/mol. The van der Waals surface area contributed by atoms with Crippen LogP contribution in [0.1, 0.15) is 35.3 Å². The molecule has 9 heteroatoms. The lowest BCUT2D eigenvalue weighted by molar-refractivity contribution is 0.0963. The first-order chi connectivity index (χ1) is 15.1. The maximum Gasteiger partial charge on any atom is 0.251 e. The van der Waals surface area contributed by atoms with E-state index in [1.807, 2.05) is 0 Å². The maximum absolute atomic E-state index is 14.3. The minimum absolute atomic E-state index is 0.168. The molecule has 1 saturated carbocycles. The van der Waals surface area contributed by atoms with Crippen LogP contribution in [0.2, 0.25) is 0 Å². The zero-order valence-electron chi connectivity index (χ0n) is 16.9. The highest BCUT2D eigenvalue weighted by atomic mass is 19.1. The molecule has 0 aliphatic heterocycles. The monoisotopic (exact) mass is 420 g/mol. The number of pyridine rings is 1. The second kappa shape index (κ2) is 8.55. The van der Waals surface area contributed by atoms with Crippen LogP contribution in [0.15, 0.2) is 53.8 Å². The number of carbonyl (C=O) groups is 1. The molecule has 3 aromatic rings. The number of anilines is 1. The molecule has 0 bridgehead atoms. The summed E-state index contributed by atoms with van der Waals surface area (Å²) in [4.78, 5) is 27.4. The Bertz CT molecular complexity index is 1120. The first-order valence-electron chi connectivity index (χ1n) is 9.95. The third-order valence-electron chi connectivity index (χ3n) is 5.70. The summed E-state index contributed by atoms with van der Waals surface area (Å²) in [6, 6.07) is 11.0. The summed E-state index contributed by atoms with van der Waals surface area (Å²) in [5.41, 5.74) is 1.51. The van der Waals surface area contributed by atoms with Crippen molar-refractivity contribution in [1.82, 2.24) is 20.5 Å². The quantitative estimate of drug-likeness (QED) is 0.560. The van der Waals surface area contributed by atoms with Gasteiger partial charge in [-0.05, 0) is 60.5 Å².